The van der Waals surface area contributed by atoms with E-state index in [1.54, 1.807) is 37.3 Å². The van der Waals surface area contributed by atoms with Crippen molar-refractivity contribution < 1.29 is 24.2 Å². The Hall–Kier alpha value is -4.67. The third-order valence-corrected chi connectivity index (χ3v) is 7.49. The quantitative estimate of drug-likeness (QED) is 0.362. The maximum atomic E-state index is 13.2. The summed E-state index contributed by atoms with van der Waals surface area (Å²) in [4.78, 5) is 43.9. The van der Waals surface area contributed by atoms with Gasteiger partial charge >= 0.3 is 5.97 Å². The Labute approximate surface area is 238 Å². The molecule has 212 valence electrons. The molecule has 0 aromatic heterocycles. The molecule has 0 atom stereocenters. The summed E-state index contributed by atoms with van der Waals surface area (Å²) in [5.74, 6) is -0.736. The number of fused-ring (bicyclic) bond motifs is 1. The van der Waals surface area contributed by atoms with Gasteiger partial charge in [0, 0.05) is 55.9 Å². The van der Waals surface area contributed by atoms with Crippen molar-refractivity contribution in [2.24, 2.45) is 0 Å². The zero-order chi connectivity index (χ0) is 29.1. The van der Waals surface area contributed by atoms with Gasteiger partial charge in [0.2, 0.25) is 5.91 Å². The first-order valence-corrected chi connectivity index (χ1v) is 13.4. The summed E-state index contributed by atoms with van der Waals surface area (Å²) in [6.45, 7) is 4.00. The smallest absolute Gasteiger partial charge is 0.335 e. The summed E-state index contributed by atoms with van der Waals surface area (Å²) in [7, 11) is 5.43. The highest BCUT2D eigenvalue weighted by Crippen LogP contribution is 2.38. The van der Waals surface area contributed by atoms with Crippen molar-refractivity contribution in [1.29, 1.82) is 0 Å². The molecule has 5 rings (SSSR count). The van der Waals surface area contributed by atoms with Gasteiger partial charge in [0.15, 0.2) is 0 Å². The van der Waals surface area contributed by atoms with Gasteiger partial charge in [-0.2, -0.15) is 0 Å². The minimum Gasteiger partial charge on any atom is -0.497 e. The molecule has 1 saturated heterocycles. The molecule has 41 heavy (non-hydrogen) atoms. The maximum absolute atomic E-state index is 13.2. The van der Waals surface area contributed by atoms with Gasteiger partial charge in [-0.15, -0.1) is 0 Å². The zero-order valence-electron chi connectivity index (χ0n) is 23.3. The molecular formula is C31H33N5O5. The van der Waals surface area contributed by atoms with Crippen LogP contribution in [0, 0.1) is 0 Å². The molecule has 2 heterocycles. The van der Waals surface area contributed by atoms with E-state index in [4.69, 9.17) is 4.74 Å². The Morgan fingerprint density at radius 2 is 1.63 bits per heavy atom. The predicted octanol–water partition coefficient (Wildman–Crippen LogP) is 3.54. The van der Waals surface area contributed by atoms with Gasteiger partial charge in [-0.1, -0.05) is 0 Å². The number of carbonyl (C=O) groups excluding carboxylic acids is 2. The van der Waals surface area contributed by atoms with Crippen molar-refractivity contribution in [3.63, 3.8) is 0 Å². The van der Waals surface area contributed by atoms with Crippen LogP contribution in [0.2, 0.25) is 0 Å². The number of methoxy groups -OCH3 is 1. The van der Waals surface area contributed by atoms with Crippen LogP contribution in [0.4, 0.5) is 17.1 Å². The van der Waals surface area contributed by atoms with E-state index in [0.717, 1.165) is 31.9 Å². The molecule has 2 aliphatic heterocycles. The van der Waals surface area contributed by atoms with E-state index in [1.807, 2.05) is 36.4 Å². The summed E-state index contributed by atoms with van der Waals surface area (Å²) in [6, 6.07) is 19.2. The van der Waals surface area contributed by atoms with Gasteiger partial charge < -0.3 is 30.3 Å². The number of rotatable bonds is 8. The molecule has 1 fully saturated rings. The molecule has 0 saturated carbocycles. The molecule has 3 aromatic carbocycles. The zero-order valence-corrected chi connectivity index (χ0v) is 23.3. The molecule has 0 radical (unpaired) electrons. The second-order valence-electron chi connectivity index (χ2n) is 10.2. The number of carboxylic acid groups (broad SMARTS) is 1. The summed E-state index contributed by atoms with van der Waals surface area (Å²) >= 11 is 0. The highest BCUT2D eigenvalue weighted by Gasteiger charge is 2.29. The molecule has 0 bridgehead atoms. The van der Waals surface area contributed by atoms with Crippen LogP contribution in [0.5, 0.6) is 5.75 Å². The first-order valence-electron chi connectivity index (χ1n) is 13.4. The number of piperazine rings is 1. The normalized spacial score (nSPS) is 16.5. The van der Waals surface area contributed by atoms with E-state index in [1.165, 1.54) is 12.1 Å². The summed E-state index contributed by atoms with van der Waals surface area (Å²) in [6.07, 6.45) is 0. The molecule has 3 aromatic rings. The van der Waals surface area contributed by atoms with Crippen LogP contribution in [0.15, 0.2) is 66.7 Å². The van der Waals surface area contributed by atoms with E-state index in [-0.39, 0.29) is 17.4 Å². The summed E-state index contributed by atoms with van der Waals surface area (Å²) in [5.41, 5.74) is 4.13. The Morgan fingerprint density at radius 3 is 2.27 bits per heavy atom. The van der Waals surface area contributed by atoms with Gasteiger partial charge in [0.25, 0.3) is 5.91 Å². The van der Waals surface area contributed by atoms with Crippen LogP contribution < -0.4 is 20.3 Å². The van der Waals surface area contributed by atoms with Crippen molar-refractivity contribution in [3.05, 3.63) is 83.4 Å². The van der Waals surface area contributed by atoms with Crippen LogP contribution in [-0.2, 0) is 9.59 Å². The minimum atomic E-state index is -1.08. The van der Waals surface area contributed by atoms with Crippen LogP contribution in [0.3, 0.4) is 0 Å². The van der Waals surface area contributed by atoms with Crippen LogP contribution in [-0.4, -0.2) is 86.6 Å². The van der Waals surface area contributed by atoms with E-state index in [9.17, 15) is 19.5 Å². The number of aromatic carboxylic acids is 1. The number of likely N-dealkylation sites (N-methyl/N-ethyl adjacent to an activating group) is 2. The van der Waals surface area contributed by atoms with Crippen molar-refractivity contribution in [1.82, 2.24) is 9.80 Å². The second kappa shape index (κ2) is 11.8. The summed E-state index contributed by atoms with van der Waals surface area (Å²) < 4.78 is 5.30. The number of carbonyl (C=O) groups is 3. The summed E-state index contributed by atoms with van der Waals surface area (Å²) in [5, 5.41) is 15.8. The fraction of sp³-hybridized carbons (Fsp3) is 0.258. The van der Waals surface area contributed by atoms with E-state index < -0.39 is 5.97 Å². The Bertz CT molecular complexity index is 1490. The lowest BCUT2D eigenvalue weighted by Gasteiger charge is -2.32. The van der Waals surface area contributed by atoms with Gasteiger partial charge in [-0.05, 0) is 79.3 Å². The van der Waals surface area contributed by atoms with E-state index >= 15 is 0 Å². The second-order valence-corrected chi connectivity index (χ2v) is 10.2. The first kappa shape index (κ1) is 27.9. The van der Waals surface area contributed by atoms with Crippen molar-refractivity contribution in [2.45, 2.75) is 0 Å². The highest BCUT2D eigenvalue weighted by molar-refractivity contribution is 6.37. The lowest BCUT2D eigenvalue weighted by atomic mass is 9.98. The third-order valence-electron chi connectivity index (χ3n) is 7.49. The average Bonchev–Trinajstić information content (AvgIpc) is 3.31. The number of ether oxygens (including phenoxy) is 1. The molecule has 10 heteroatoms. The SMILES string of the molecule is COc1ccc(C(Nc2ccc(N(C)C(=O)CN3CCN(C)CC3)cc2)=C2C(=O)Nc3ccc(C(=O)O)cc32)cc1. The molecule has 2 aliphatic rings. The number of nitrogens with zero attached hydrogens (tertiary/aromatic N) is 3. The lowest BCUT2D eigenvalue weighted by Crippen LogP contribution is -2.48. The molecule has 0 unspecified atom stereocenters. The van der Waals surface area contributed by atoms with Crippen molar-refractivity contribution in [2.75, 3.05) is 69.5 Å². The van der Waals surface area contributed by atoms with E-state index in [2.05, 4.69) is 27.5 Å². The average molecular weight is 556 g/mol. The number of benzene rings is 3. The molecular weight excluding hydrogens is 522 g/mol. The van der Waals surface area contributed by atoms with Gasteiger partial charge in [-0.25, -0.2) is 4.79 Å². The van der Waals surface area contributed by atoms with Crippen LogP contribution >= 0.6 is 0 Å². The standard InChI is InChI=1S/C31H33N5O5/c1-34-14-16-36(17-15-34)19-27(37)35(2)23-9-7-22(8-10-23)32-29(20-4-11-24(41-3)12-5-20)28-25-18-21(31(39)40)6-13-26(25)33-30(28)38/h4-13,18,32H,14-17,19H2,1-3H3,(H,33,38)(H,39,40). The van der Waals surface area contributed by atoms with Gasteiger partial charge in [-0.3, -0.25) is 14.5 Å². The largest absolute Gasteiger partial charge is 0.497 e. The molecule has 0 spiro atoms. The van der Waals surface area contributed by atoms with Crippen LogP contribution in [0.1, 0.15) is 21.5 Å². The number of hydrogen-bond acceptors (Lipinski definition) is 7. The minimum absolute atomic E-state index is 0.0183. The Kier molecular flexibility index (Phi) is 8.04. The molecule has 10 nitrogen and oxygen atoms in total. The number of hydrogen-bond donors (Lipinski definition) is 3. The Morgan fingerprint density at radius 1 is 0.976 bits per heavy atom. The van der Waals surface area contributed by atoms with Crippen molar-refractivity contribution >= 4 is 46.1 Å². The van der Waals surface area contributed by atoms with Gasteiger partial charge in [0.1, 0.15) is 5.75 Å². The highest BCUT2D eigenvalue weighted by atomic mass is 16.5. The fourth-order valence-corrected chi connectivity index (χ4v) is 4.95. The number of carboxylic acids is 1. The maximum Gasteiger partial charge on any atom is 0.335 e. The molecule has 3 N–H and O–H groups in total. The predicted molar refractivity (Wildman–Crippen MR) is 159 cm³/mol. The van der Waals surface area contributed by atoms with Crippen molar-refractivity contribution in [3.8, 4) is 5.75 Å². The Balaban J connectivity index is 1.43. The first-order chi connectivity index (χ1) is 19.7. The number of amides is 2. The fourth-order valence-electron chi connectivity index (χ4n) is 4.95. The molecule has 0 aliphatic carbocycles. The lowest BCUT2D eigenvalue weighted by molar-refractivity contribution is -0.119. The number of nitrogens with one attached hydrogen (secondary N) is 2. The molecule has 2 amide bonds. The van der Waals surface area contributed by atoms with Crippen LogP contribution in [0.25, 0.3) is 11.3 Å². The third kappa shape index (κ3) is 6.08. The number of anilines is 3. The topological polar surface area (TPSA) is 114 Å². The van der Waals surface area contributed by atoms with E-state index in [0.29, 0.717) is 46.1 Å². The monoisotopic (exact) mass is 555 g/mol. The van der Waals surface area contributed by atoms with Gasteiger partial charge in [0.05, 0.1) is 30.5 Å².